The number of amides is 1. The molecule has 0 radical (unpaired) electrons. The van der Waals surface area contributed by atoms with E-state index < -0.39 is 28.8 Å². The van der Waals surface area contributed by atoms with E-state index in [-0.39, 0.29) is 77.9 Å². The highest BCUT2D eigenvalue weighted by Crippen LogP contribution is 2.25. The largest absolute Gasteiger partial charge is 0.490 e. The summed E-state index contributed by atoms with van der Waals surface area (Å²) in [6, 6.07) is 11.4. The van der Waals surface area contributed by atoms with E-state index in [0.29, 0.717) is 6.42 Å². The molecular formula is C29H30N2O10. The highest BCUT2D eigenvalue weighted by atomic mass is 16.5. The molecule has 0 saturated carbocycles. The zero-order valence-electron chi connectivity index (χ0n) is 22.3. The van der Waals surface area contributed by atoms with Crippen molar-refractivity contribution in [1.29, 1.82) is 0 Å². The van der Waals surface area contributed by atoms with Gasteiger partial charge in [-0.2, -0.15) is 0 Å². The highest BCUT2D eigenvalue weighted by molar-refractivity contribution is 5.94. The normalized spacial score (nSPS) is 11.8. The number of hydrogen-bond acceptors (Lipinski definition) is 11. The van der Waals surface area contributed by atoms with Crippen LogP contribution in [0.5, 0.6) is 11.5 Å². The van der Waals surface area contributed by atoms with Crippen LogP contribution in [0, 0.1) is 0 Å². The Kier molecular flexibility index (Phi) is 9.72. The molecule has 0 aliphatic carbocycles. The van der Waals surface area contributed by atoms with E-state index in [1.54, 1.807) is 12.1 Å². The van der Waals surface area contributed by atoms with Gasteiger partial charge < -0.3 is 39.2 Å². The van der Waals surface area contributed by atoms with Crippen LogP contribution in [0.1, 0.15) is 40.9 Å². The first-order chi connectivity index (χ1) is 19.8. The molecule has 1 unspecified atom stereocenters. The molecule has 0 bridgehead atoms. The van der Waals surface area contributed by atoms with E-state index in [1.807, 2.05) is 6.92 Å². The van der Waals surface area contributed by atoms with E-state index in [1.165, 1.54) is 24.3 Å². The van der Waals surface area contributed by atoms with Crippen molar-refractivity contribution in [3.63, 3.8) is 0 Å². The molecule has 12 nitrogen and oxygen atoms in total. The summed E-state index contributed by atoms with van der Waals surface area (Å²) in [7, 11) is 0. The van der Waals surface area contributed by atoms with E-state index in [0.717, 1.165) is 18.6 Å². The number of carbonyl (C=O) groups is 2. The molecule has 216 valence electrons. The van der Waals surface area contributed by atoms with E-state index >= 15 is 0 Å². The number of unbranched alkanes of at least 4 members (excludes halogenated alkanes) is 1. The summed E-state index contributed by atoms with van der Waals surface area (Å²) >= 11 is 0. The predicted molar refractivity (Wildman–Crippen MR) is 149 cm³/mol. The van der Waals surface area contributed by atoms with E-state index in [2.05, 4.69) is 5.32 Å². The Hall–Kier alpha value is -4.68. The Bertz CT molecular complexity index is 1660. The lowest BCUT2D eigenvalue weighted by Crippen LogP contribution is -2.29. The number of fused-ring (bicyclic) bond motifs is 2. The molecule has 41 heavy (non-hydrogen) atoms. The van der Waals surface area contributed by atoms with Gasteiger partial charge in [0.15, 0.2) is 16.6 Å². The SMILES string of the molecule is CCCCOC(=O)c1cc(=O)c2c(OCC(O)COc3cccc4oc(C(=O)NCCN)cc(=O)c34)cccc2o1. The van der Waals surface area contributed by atoms with E-state index in [9.17, 15) is 24.3 Å². The van der Waals surface area contributed by atoms with Crippen molar-refractivity contribution < 1.29 is 37.7 Å². The smallest absolute Gasteiger partial charge is 0.374 e. The third-order valence-corrected chi connectivity index (χ3v) is 5.88. The van der Waals surface area contributed by atoms with Crippen molar-refractivity contribution in [2.45, 2.75) is 25.9 Å². The van der Waals surface area contributed by atoms with Crippen molar-refractivity contribution in [3.05, 3.63) is 80.5 Å². The van der Waals surface area contributed by atoms with Crippen LogP contribution < -0.4 is 31.4 Å². The Morgan fingerprint density at radius 1 is 0.927 bits per heavy atom. The van der Waals surface area contributed by atoms with Gasteiger partial charge >= 0.3 is 5.97 Å². The van der Waals surface area contributed by atoms with Crippen LogP contribution in [0.3, 0.4) is 0 Å². The second-order valence-corrected chi connectivity index (χ2v) is 9.02. The molecule has 1 atom stereocenters. The van der Waals surface area contributed by atoms with Gasteiger partial charge in [-0.25, -0.2) is 4.79 Å². The third kappa shape index (κ3) is 7.10. The second kappa shape index (κ2) is 13.6. The minimum atomic E-state index is -1.16. The third-order valence-electron chi connectivity index (χ3n) is 5.88. The standard InChI is InChI=1S/C29H30N2O10/c1-2-3-12-37-29(36)25-14-19(34)27-21(7-5-9-23(27)41-25)39-16-17(32)15-38-20-6-4-8-22-26(20)18(33)13-24(40-22)28(35)31-11-10-30/h4-9,13-14,17,32H,2-3,10-12,15-16,30H2,1H3,(H,31,35). The number of aliphatic hydroxyl groups excluding tert-OH is 1. The molecular weight excluding hydrogens is 536 g/mol. The summed E-state index contributed by atoms with van der Waals surface area (Å²) in [5.74, 6) is -1.39. The molecule has 0 fully saturated rings. The maximum absolute atomic E-state index is 12.8. The Labute approximate surface area is 233 Å². The molecule has 2 heterocycles. The van der Waals surface area contributed by atoms with Gasteiger partial charge in [0.1, 0.15) is 52.8 Å². The lowest BCUT2D eigenvalue weighted by atomic mass is 10.2. The van der Waals surface area contributed by atoms with Gasteiger partial charge in [0, 0.05) is 25.2 Å². The lowest BCUT2D eigenvalue weighted by molar-refractivity contribution is 0.0464. The maximum Gasteiger partial charge on any atom is 0.374 e. The summed E-state index contributed by atoms with van der Waals surface area (Å²) in [5, 5.41) is 13.2. The first kappa shape index (κ1) is 29.3. The molecule has 2 aromatic heterocycles. The monoisotopic (exact) mass is 566 g/mol. The summed E-state index contributed by atoms with van der Waals surface area (Å²) in [5.41, 5.74) is 4.64. The fourth-order valence-corrected chi connectivity index (χ4v) is 3.88. The fourth-order valence-electron chi connectivity index (χ4n) is 3.88. The Morgan fingerprint density at radius 3 is 2.05 bits per heavy atom. The maximum atomic E-state index is 12.8. The molecule has 1 amide bonds. The summed E-state index contributed by atoms with van der Waals surface area (Å²) in [6.07, 6.45) is 0.381. The molecule has 0 spiro atoms. The Morgan fingerprint density at radius 2 is 1.49 bits per heavy atom. The number of hydrogen-bond donors (Lipinski definition) is 3. The second-order valence-electron chi connectivity index (χ2n) is 9.02. The topological polar surface area (TPSA) is 181 Å². The van der Waals surface area contributed by atoms with Gasteiger partial charge in [-0.15, -0.1) is 0 Å². The molecule has 4 rings (SSSR count). The first-order valence-corrected chi connectivity index (χ1v) is 13.0. The fraction of sp³-hybridized carbons (Fsp3) is 0.310. The van der Waals surface area contributed by atoms with Gasteiger partial charge in [0.25, 0.3) is 5.91 Å². The van der Waals surface area contributed by atoms with Crippen molar-refractivity contribution in [2.75, 3.05) is 32.9 Å². The van der Waals surface area contributed by atoms with Gasteiger partial charge in [0.2, 0.25) is 5.76 Å². The average Bonchev–Trinajstić information content (AvgIpc) is 2.97. The zero-order valence-corrected chi connectivity index (χ0v) is 22.3. The van der Waals surface area contributed by atoms with Crippen LogP contribution in [0.2, 0.25) is 0 Å². The van der Waals surface area contributed by atoms with Gasteiger partial charge in [-0.1, -0.05) is 25.5 Å². The minimum Gasteiger partial charge on any atom is -0.490 e. The van der Waals surface area contributed by atoms with Crippen LogP contribution in [-0.2, 0) is 4.74 Å². The van der Waals surface area contributed by atoms with Gasteiger partial charge in [-0.3, -0.25) is 14.4 Å². The molecule has 4 N–H and O–H groups in total. The molecule has 4 aromatic rings. The molecule has 0 saturated heterocycles. The number of rotatable bonds is 13. The number of aliphatic hydroxyl groups is 1. The Balaban J connectivity index is 1.43. The number of ether oxygens (including phenoxy) is 3. The van der Waals surface area contributed by atoms with E-state index in [4.69, 9.17) is 28.8 Å². The van der Waals surface area contributed by atoms with Crippen molar-refractivity contribution >= 4 is 33.8 Å². The number of benzene rings is 2. The number of carbonyl (C=O) groups excluding carboxylic acids is 2. The van der Waals surface area contributed by atoms with Crippen LogP contribution in [0.25, 0.3) is 21.9 Å². The zero-order chi connectivity index (χ0) is 29.4. The van der Waals surface area contributed by atoms with Gasteiger partial charge in [-0.05, 0) is 30.7 Å². The van der Waals surface area contributed by atoms with Gasteiger partial charge in [0.05, 0.1) is 6.61 Å². The first-order valence-electron chi connectivity index (χ1n) is 13.0. The van der Waals surface area contributed by atoms with Crippen LogP contribution in [0.4, 0.5) is 0 Å². The highest BCUT2D eigenvalue weighted by Gasteiger charge is 2.18. The summed E-state index contributed by atoms with van der Waals surface area (Å²) in [6.45, 7) is 2.12. The summed E-state index contributed by atoms with van der Waals surface area (Å²) in [4.78, 5) is 49.9. The van der Waals surface area contributed by atoms with Crippen LogP contribution in [-0.4, -0.2) is 56.0 Å². The minimum absolute atomic E-state index is 0.101. The number of nitrogens with two attached hydrogens (primary N) is 1. The quantitative estimate of drug-likeness (QED) is 0.160. The lowest BCUT2D eigenvalue weighted by Gasteiger charge is -2.15. The van der Waals surface area contributed by atoms with Crippen LogP contribution >= 0.6 is 0 Å². The van der Waals surface area contributed by atoms with Crippen molar-refractivity contribution in [3.8, 4) is 11.5 Å². The number of nitrogens with one attached hydrogen (secondary N) is 1. The predicted octanol–water partition coefficient (Wildman–Crippen LogP) is 2.36. The van der Waals surface area contributed by atoms with Crippen molar-refractivity contribution in [1.82, 2.24) is 5.32 Å². The van der Waals surface area contributed by atoms with Crippen LogP contribution in [0.15, 0.2) is 67.0 Å². The molecule has 0 aliphatic rings. The molecule has 2 aromatic carbocycles. The van der Waals surface area contributed by atoms with Crippen molar-refractivity contribution in [2.24, 2.45) is 5.73 Å². The number of esters is 1. The summed E-state index contributed by atoms with van der Waals surface area (Å²) < 4.78 is 27.6. The average molecular weight is 567 g/mol. The molecule has 12 heteroatoms. The molecule has 0 aliphatic heterocycles.